The first kappa shape index (κ1) is 14.1. The SMILES string of the molecule is CCCN(CC1CCNCC1)c1ccc2n[nH]c(=O)n2n1. The van der Waals surface area contributed by atoms with Crippen molar-refractivity contribution < 1.29 is 0 Å². The van der Waals surface area contributed by atoms with Crippen LogP contribution in [0.3, 0.4) is 0 Å². The van der Waals surface area contributed by atoms with E-state index >= 15 is 0 Å². The van der Waals surface area contributed by atoms with Gasteiger partial charge in [-0.05, 0) is 50.4 Å². The largest absolute Gasteiger partial charge is 0.364 e. The molecule has 0 spiro atoms. The Morgan fingerprint density at radius 2 is 2.19 bits per heavy atom. The van der Waals surface area contributed by atoms with E-state index < -0.39 is 0 Å². The smallest absolute Gasteiger partial charge is 0.355 e. The lowest BCUT2D eigenvalue weighted by Gasteiger charge is -2.30. The van der Waals surface area contributed by atoms with Crippen LogP contribution in [0.1, 0.15) is 26.2 Å². The molecule has 21 heavy (non-hydrogen) atoms. The molecule has 0 aromatic carbocycles. The third-order valence-electron chi connectivity index (χ3n) is 4.01. The second-order valence-electron chi connectivity index (χ2n) is 5.63. The lowest BCUT2D eigenvalue weighted by Crippen LogP contribution is -2.37. The molecule has 3 rings (SSSR count). The molecule has 0 saturated carbocycles. The van der Waals surface area contributed by atoms with Gasteiger partial charge in [-0.15, -0.1) is 5.10 Å². The van der Waals surface area contributed by atoms with E-state index in [2.05, 4.69) is 32.4 Å². The maximum atomic E-state index is 11.7. The molecular formula is C14H22N6O. The molecule has 7 nitrogen and oxygen atoms in total. The maximum Gasteiger partial charge on any atom is 0.364 e. The lowest BCUT2D eigenvalue weighted by molar-refractivity contribution is 0.372. The van der Waals surface area contributed by atoms with Crippen LogP contribution in [-0.4, -0.2) is 46.0 Å². The number of piperidine rings is 1. The fraction of sp³-hybridized carbons (Fsp3) is 0.643. The number of nitrogens with one attached hydrogen (secondary N) is 2. The molecule has 1 fully saturated rings. The first-order chi connectivity index (χ1) is 10.3. The molecule has 2 aromatic rings. The Morgan fingerprint density at radius 3 is 2.95 bits per heavy atom. The number of hydrogen-bond acceptors (Lipinski definition) is 5. The summed E-state index contributed by atoms with van der Waals surface area (Å²) in [6, 6.07) is 3.79. The van der Waals surface area contributed by atoms with Crippen molar-refractivity contribution in [1.82, 2.24) is 25.1 Å². The highest BCUT2D eigenvalue weighted by Gasteiger charge is 2.18. The van der Waals surface area contributed by atoms with Gasteiger partial charge in [0.1, 0.15) is 5.82 Å². The zero-order valence-corrected chi connectivity index (χ0v) is 12.4. The molecule has 0 radical (unpaired) electrons. The van der Waals surface area contributed by atoms with Gasteiger partial charge in [-0.1, -0.05) is 6.92 Å². The standard InChI is InChI=1S/C14H22N6O/c1-2-9-19(10-11-5-7-15-8-6-11)13-4-3-12-16-17-14(21)20(12)18-13/h3-4,11,15H,2,5-10H2,1H3,(H,17,21). The number of hydrogen-bond donors (Lipinski definition) is 2. The zero-order chi connectivity index (χ0) is 14.7. The van der Waals surface area contributed by atoms with E-state index in [4.69, 9.17) is 0 Å². The van der Waals surface area contributed by atoms with Crippen LogP contribution in [0.15, 0.2) is 16.9 Å². The van der Waals surface area contributed by atoms with Crippen LogP contribution in [0.2, 0.25) is 0 Å². The summed E-state index contributed by atoms with van der Waals surface area (Å²) in [4.78, 5) is 13.9. The Hall–Kier alpha value is -1.89. The first-order valence-corrected chi connectivity index (χ1v) is 7.68. The molecule has 0 amide bonds. The maximum absolute atomic E-state index is 11.7. The molecule has 1 aliphatic heterocycles. The molecule has 7 heteroatoms. The van der Waals surface area contributed by atoms with E-state index in [1.54, 1.807) is 0 Å². The molecule has 0 unspecified atom stereocenters. The normalized spacial score (nSPS) is 16.4. The van der Waals surface area contributed by atoms with Gasteiger partial charge in [0.15, 0.2) is 5.65 Å². The van der Waals surface area contributed by atoms with Crippen LogP contribution in [0, 0.1) is 5.92 Å². The average Bonchev–Trinajstić information content (AvgIpc) is 2.89. The minimum atomic E-state index is -0.287. The Bertz CT molecular complexity index is 642. The van der Waals surface area contributed by atoms with Crippen LogP contribution in [0.4, 0.5) is 5.82 Å². The third kappa shape index (κ3) is 3.07. The van der Waals surface area contributed by atoms with E-state index in [-0.39, 0.29) is 5.69 Å². The number of rotatable bonds is 5. The van der Waals surface area contributed by atoms with Gasteiger partial charge in [0, 0.05) is 13.1 Å². The molecule has 0 bridgehead atoms. The van der Waals surface area contributed by atoms with Crippen molar-refractivity contribution in [2.24, 2.45) is 5.92 Å². The predicted molar refractivity (Wildman–Crippen MR) is 81.7 cm³/mol. The number of anilines is 1. The molecule has 2 N–H and O–H groups in total. The molecule has 0 aliphatic carbocycles. The van der Waals surface area contributed by atoms with Gasteiger partial charge in [-0.3, -0.25) is 0 Å². The van der Waals surface area contributed by atoms with E-state index in [9.17, 15) is 4.79 Å². The van der Waals surface area contributed by atoms with Gasteiger partial charge in [-0.25, -0.2) is 9.89 Å². The molecule has 1 aliphatic rings. The summed E-state index contributed by atoms with van der Waals surface area (Å²) in [6.07, 6.45) is 3.47. The van der Waals surface area contributed by atoms with Crippen molar-refractivity contribution in [3.63, 3.8) is 0 Å². The third-order valence-corrected chi connectivity index (χ3v) is 4.01. The predicted octanol–water partition coefficient (Wildman–Crippen LogP) is 0.634. The summed E-state index contributed by atoms with van der Waals surface area (Å²) in [5.74, 6) is 1.54. The number of nitrogens with zero attached hydrogens (tertiary/aromatic N) is 4. The number of H-pyrrole nitrogens is 1. The van der Waals surface area contributed by atoms with Crippen LogP contribution < -0.4 is 15.9 Å². The Balaban J connectivity index is 1.83. The van der Waals surface area contributed by atoms with Crippen molar-refractivity contribution in [3.8, 4) is 0 Å². The minimum absolute atomic E-state index is 0.287. The quantitative estimate of drug-likeness (QED) is 0.844. The topological polar surface area (TPSA) is 78.3 Å². The van der Waals surface area contributed by atoms with E-state index in [1.165, 1.54) is 17.4 Å². The highest BCUT2D eigenvalue weighted by Crippen LogP contribution is 2.18. The summed E-state index contributed by atoms with van der Waals surface area (Å²) in [7, 11) is 0. The van der Waals surface area contributed by atoms with Gasteiger partial charge in [0.25, 0.3) is 0 Å². The van der Waals surface area contributed by atoms with Gasteiger partial charge in [0.2, 0.25) is 0 Å². The molecule has 1 saturated heterocycles. The van der Waals surface area contributed by atoms with Crippen molar-refractivity contribution in [2.75, 3.05) is 31.1 Å². The van der Waals surface area contributed by atoms with Crippen LogP contribution in [-0.2, 0) is 0 Å². The van der Waals surface area contributed by atoms with Crippen molar-refractivity contribution >= 4 is 11.5 Å². The second kappa shape index (κ2) is 6.26. The highest BCUT2D eigenvalue weighted by molar-refractivity contribution is 5.45. The molecular weight excluding hydrogens is 268 g/mol. The first-order valence-electron chi connectivity index (χ1n) is 7.68. The van der Waals surface area contributed by atoms with E-state index in [0.717, 1.165) is 38.4 Å². The second-order valence-corrected chi connectivity index (χ2v) is 5.63. The summed E-state index contributed by atoms with van der Waals surface area (Å²) in [5, 5.41) is 14.2. The lowest BCUT2D eigenvalue weighted by atomic mass is 9.97. The summed E-state index contributed by atoms with van der Waals surface area (Å²) in [6.45, 7) is 6.31. The van der Waals surface area contributed by atoms with Gasteiger partial charge in [-0.2, -0.15) is 9.61 Å². The van der Waals surface area contributed by atoms with Crippen LogP contribution in [0.5, 0.6) is 0 Å². The number of aromatic nitrogens is 4. The zero-order valence-electron chi connectivity index (χ0n) is 12.4. The van der Waals surface area contributed by atoms with Crippen molar-refractivity contribution in [3.05, 3.63) is 22.6 Å². The van der Waals surface area contributed by atoms with Crippen LogP contribution >= 0.6 is 0 Å². The highest BCUT2D eigenvalue weighted by atomic mass is 16.2. The molecule has 2 aromatic heterocycles. The van der Waals surface area contributed by atoms with E-state index in [0.29, 0.717) is 11.6 Å². The van der Waals surface area contributed by atoms with E-state index in [1.807, 2.05) is 12.1 Å². The monoisotopic (exact) mass is 290 g/mol. The summed E-state index contributed by atoms with van der Waals surface area (Å²) >= 11 is 0. The van der Waals surface area contributed by atoms with Gasteiger partial charge >= 0.3 is 5.69 Å². The Kier molecular flexibility index (Phi) is 4.19. The molecule has 3 heterocycles. The van der Waals surface area contributed by atoms with Crippen LogP contribution in [0.25, 0.3) is 5.65 Å². The van der Waals surface area contributed by atoms with Gasteiger partial charge < -0.3 is 10.2 Å². The molecule has 0 atom stereocenters. The number of fused-ring (bicyclic) bond motifs is 1. The minimum Gasteiger partial charge on any atom is -0.355 e. The fourth-order valence-electron chi connectivity index (χ4n) is 2.91. The van der Waals surface area contributed by atoms with Gasteiger partial charge in [0.05, 0.1) is 0 Å². The van der Waals surface area contributed by atoms with Crippen molar-refractivity contribution in [1.29, 1.82) is 0 Å². The number of aromatic amines is 1. The summed E-state index contributed by atoms with van der Waals surface area (Å²) < 4.78 is 1.33. The summed E-state index contributed by atoms with van der Waals surface area (Å²) in [5.41, 5.74) is 0.271. The van der Waals surface area contributed by atoms with Crippen molar-refractivity contribution in [2.45, 2.75) is 26.2 Å². The molecule has 114 valence electrons. The fourth-order valence-corrected chi connectivity index (χ4v) is 2.91. The Morgan fingerprint density at radius 1 is 1.38 bits per heavy atom. The average molecular weight is 290 g/mol. The Labute approximate surface area is 123 Å².